The van der Waals surface area contributed by atoms with Crippen molar-refractivity contribution in [2.75, 3.05) is 25.1 Å². The number of nitrogens with zero attached hydrogens (tertiary/aromatic N) is 4. The molecular formula is C38H51N5O6. The van der Waals surface area contributed by atoms with Gasteiger partial charge in [-0.3, -0.25) is 14.7 Å². The van der Waals surface area contributed by atoms with Crippen LogP contribution in [0.3, 0.4) is 0 Å². The van der Waals surface area contributed by atoms with Crippen LogP contribution in [-0.2, 0) is 9.53 Å². The normalized spacial score (nSPS) is 23.1. The van der Waals surface area contributed by atoms with E-state index in [1.807, 2.05) is 43.9 Å². The lowest BCUT2D eigenvalue weighted by Crippen LogP contribution is -2.43. The second-order valence-corrected chi connectivity index (χ2v) is 14.5. The van der Waals surface area contributed by atoms with E-state index in [4.69, 9.17) is 28.8 Å². The molecule has 49 heavy (non-hydrogen) atoms. The third kappa shape index (κ3) is 8.79. The lowest BCUT2D eigenvalue weighted by atomic mass is 9.79. The van der Waals surface area contributed by atoms with Crippen molar-refractivity contribution in [3.8, 4) is 17.0 Å². The molecule has 11 nitrogen and oxygen atoms in total. The second-order valence-electron chi connectivity index (χ2n) is 14.5. The Labute approximate surface area is 289 Å². The summed E-state index contributed by atoms with van der Waals surface area (Å²) >= 11 is 0. The minimum absolute atomic E-state index is 0.0424. The molecule has 3 aromatic rings. The van der Waals surface area contributed by atoms with Gasteiger partial charge < -0.3 is 24.3 Å². The van der Waals surface area contributed by atoms with Gasteiger partial charge in [-0.1, -0.05) is 13.8 Å². The maximum atomic E-state index is 14.4. The van der Waals surface area contributed by atoms with Crippen LogP contribution in [0.4, 0.5) is 10.6 Å². The molecule has 3 aromatic heterocycles. The summed E-state index contributed by atoms with van der Waals surface area (Å²) in [4.78, 5) is 42.9. The Morgan fingerprint density at radius 2 is 1.73 bits per heavy atom. The molecule has 0 saturated heterocycles. The van der Waals surface area contributed by atoms with Gasteiger partial charge in [-0.15, -0.1) is 0 Å². The molecule has 0 aliphatic heterocycles. The van der Waals surface area contributed by atoms with Crippen LogP contribution in [0.25, 0.3) is 11.3 Å². The predicted octanol–water partition coefficient (Wildman–Crippen LogP) is 6.93. The summed E-state index contributed by atoms with van der Waals surface area (Å²) in [6, 6.07) is 7.98. The van der Waals surface area contributed by atoms with Gasteiger partial charge in [0.2, 0.25) is 5.91 Å². The van der Waals surface area contributed by atoms with Crippen LogP contribution < -0.4 is 15.0 Å². The number of alkyl carbamates (subject to hydrolysis) is 1. The van der Waals surface area contributed by atoms with Gasteiger partial charge in [-0.25, -0.2) is 14.8 Å². The molecule has 0 aromatic carbocycles. The van der Waals surface area contributed by atoms with Crippen LogP contribution in [0.1, 0.15) is 107 Å². The number of aliphatic hydroxyl groups is 1. The molecule has 1 atom stereocenters. The maximum absolute atomic E-state index is 14.4. The standard InChI is InChI=1S/C38H51N5O6/c1-23(2)33(44)20-40-38(46)49-30-13-11-28(12-14-30)37(45)43(35-19-29(17-18-39-35)32-22-48-36(42-32)27-9-10-27)21-25-5-7-26(8-6-25)31-15-16-34(47-4)24(3)41-31/h15-19,22-23,25-28,30,33,44H,5-14,20-21H2,1-4H3,(H,40,46)/t25-,26-,28-,30-,33?. The van der Waals surface area contributed by atoms with E-state index in [2.05, 4.69) is 11.4 Å². The average molecular weight is 674 g/mol. The number of oxazole rings is 1. The fourth-order valence-corrected chi connectivity index (χ4v) is 7.13. The number of hydrogen-bond acceptors (Lipinski definition) is 9. The summed E-state index contributed by atoms with van der Waals surface area (Å²) in [6.45, 7) is 6.53. The van der Waals surface area contributed by atoms with Crippen LogP contribution in [0.5, 0.6) is 5.75 Å². The summed E-state index contributed by atoms with van der Waals surface area (Å²) in [5.41, 5.74) is 3.67. The summed E-state index contributed by atoms with van der Waals surface area (Å²) in [7, 11) is 1.67. The van der Waals surface area contributed by atoms with E-state index in [1.54, 1.807) is 19.6 Å². The quantitative estimate of drug-likeness (QED) is 0.209. The minimum atomic E-state index is -0.623. The number of hydrogen-bond donors (Lipinski definition) is 2. The number of amides is 2. The zero-order valence-electron chi connectivity index (χ0n) is 29.3. The number of ether oxygens (including phenoxy) is 2. The lowest BCUT2D eigenvalue weighted by molar-refractivity contribution is -0.124. The summed E-state index contributed by atoms with van der Waals surface area (Å²) in [5.74, 6) is 3.29. The highest BCUT2D eigenvalue weighted by molar-refractivity contribution is 5.94. The zero-order chi connectivity index (χ0) is 34.5. The summed E-state index contributed by atoms with van der Waals surface area (Å²) < 4.78 is 16.8. The molecule has 3 aliphatic carbocycles. The van der Waals surface area contributed by atoms with Gasteiger partial charge >= 0.3 is 6.09 Å². The van der Waals surface area contributed by atoms with Crippen molar-refractivity contribution >= 4 is 17.8 Å². The zero-order valence-corrected chi connectivity index (χ0v) is 29.3. The van der Waals surface area contributed by atoms with Crippen LogP contribution in [-0.4, -0.2) is 64.5 Å². The number of aromatic nitrogens is 3. The van der Waals surface area contributed by atoms with E-state index in [1.165, 1.54) is 0 Å². The Morgan fingerprint density at radius 1 is 1.00 bits per heavy atom. The number of methoxy groups -OCH3 is 1. The van der Waals surface area contributed by atoms with Crippen molar-refractivity contribution in [2.24, 2.45) is 17.8 Å². The highest BCUT2D eigenvalue weighted by Gasteiger charge is 2.35. The van der Waals surface area contributed by atoms with Crippen molar-refractivity contribution in [2.45, 2.75) is 109 Å². The first-order valence-corrected chi connectivity index (χ1v) is 18.1. The van der Waals surface area contributed by atoms with E-state index in [0.29, 0.717) is 55.8 Å². The third-order valence-corrected chi connectivity index (χ3v) is 10.5. The monoisotopic (exact) mass is 673 g/mol. The van der Waals surface area contributed by atoms with Crippen LogP contribution in [0.15, 0.2) is 41.1 Å². The number of aryl methyl sites for hydroxylation is 1. The first kappa shape index (κ1) is 34.9. The average Bonchev–Trinajstić information content (AvgIpc) is 3.85. The van der Waals surface area contributed by atoms with Gasteiger partial charge in [0.25, 0.3) is 0 Å². The molecule has 2 amide bonds. The number of anilines is 1. The number of carbonyl (C=O) groups is 2. The van der Waals surface area contributed by atoms with E-state index in [-0.39, 0.29) is 30.4 Å². The molecule has 264 valence electrons. The number of carbonyl (C=O) groups excluding carboxylic acids is 2. The number of aliphatic hydroxyl groups excluding tert-OH is 1. The predicted molar refractivity (Wildman–Crippen MR) is 185 cm³/mol. The van der Waals surface area contributed by atoms with Crippen molar-refractivity contribution in [3.05, 3.63) is 54.0 Å². The number of pyridine rings is 2. The van der Waals surface area contributed by atoms with E-state index < -0.39 is 12.2 Å². The van der Waals surface area contributed by atoms with E-state index in [0.717, 1.165) is 72.8 Å². The third-order valence-electron chi connectivity index (χ3n) is 10.5. The highest BCUT2D eigenvalue weighted by atomic mass is 16.6. The Morgan fingerprint density at radius 3 is 2.41 bits per heavy atom. The van der Waals surface area contributed by atoms with Gasteiger partial charge in [0.1, 0.15) is 29.6 Å². The van der Waals surface area contributed by atoms with Gasteiger partial charge in [0.15, 0.2) is 5.89 Å². The smallest absolute Gasteiger partial charge is 0.407 e. The Kier molecular flexibility index (Phi) is 11.2. The first-order chi connectivity index (χ1) is 23.7. The maximum Gasteiger partial charge on any atom is 0.407 e. The first-order valence-electron chi connectivity index (χ1n) is 18.1. The van der Waals surface area contributed by atoms with Crippen molar-refractivity contribution in [1.82, 2.24) is 20.3 Å². The van der Waals surface area contributed by atoms with Crippen LogP contribution in [0, 0.1) is 24.7 Å². The number of nitrogens with one attached hydrogen (secondary N) is 1. The SMILES string of the molecule is COc1ccc([C@H]2CC[C@H](CN(c3cc(-c4coc(C5CC5)n4)ccn3)C(=O)[C@H]3CC[C@H](OC(=O)NCC(O)C(C)C)CC3)CC2)nc1C. The Balaban J connectivity index is 1.12. The Bertz CT molecular complexity index is 1570. The fourth-order valence-electron chi connectivity index (χ4n) is 7.13. The molecule has 3 fully saturated rings. The van der Waals surface area contributed by atoms with Gasteiger partial charge in [-0.05, 0) is 107 Å². The Hall–Kier alpha value is -3.99. The van der Waals surface area contributed by atoms with Crippen molar-refractivity contribution in [1.29, 1.82) is 0 Å². The molecule has 3 heterocycles. The molecule has 0 spiro atoms. The van der Waals surface area contributed by atoms with E-state index >= 15 is 0 Å². The largest absolute Gasteiger partial charge is 0.495 e. The molecule has 0 radical (unpaired) electrons. The molecule has 0 bridgehead atoms. The minimum Gasteiger partial charge on any atom is -0.495 e. The highest BCUT2D eigenvalue weighted by Crippen LogP contribution is 2.41. The second kappa shape index (κ2) is 15.7. The van der Waals surface area contributed by atoms with Gasteiger partial charge in [0, 0.05) is 48.3 Å². The molecule has 11 heteroatoms. The lowest BCUT2D eigenvalue weighted by Gasteiger charge is -2.35. The van der Waals surface area contributed by atoms with Crippen molar-refractivity contribution in [3.63, 3.8) is 0 Å². The summed E-state index contributed by atoms with van der Waals surface area (Å²) in [6.07, 6.45) is 10.8. The molecular weight excluding hydrogens is 622 g/mol. The van der Waals surface area contributed by atoms with Crippen LogP contribution >= 0.6 is 0 Å². The van der Waals surface area contributed by atoms with E-state index in [9.17, 15) is 14.7 Å². The topological polar surface area (TPSA) is 140 Å². The fraction of sp³-hybridized carbons (Fsp3) is 0.605. The molecule has 1 unspecified atom stereocenters. The molecule has 3 aliphatic rings. The van der Waals surface area contributed by atoms with Crippen LogP contribution in [0.2, 0.25) is 0 Å². The summed E-state index contributed by atoms with van der Waals surface area (Å²) in [5, 5.41) is 12.7. The van der Waals surface area contributed by atoms with Crippen molar-refractivity contribution < 1.29 is 28.6 Å². The molecule has 2 N–H and O–H groups in total. The number of rotatable bonds is 12. The molecule has 3 saturated carbocycles. The molecule has 6 rings (SSSR count). The van der Waals surface area contributed by atoms with Gasteiger partial charge in [-0.2, -0.15) is 0 Å². The van der Waals surface area contributed by atoms with Gasteiger partial charge in [0.05, 0.1) is 18.9 Å².